The number of hydrogen-bond acceptors (Lipinski definition) is 6. The van der Waals surface area contributed by atoms with E-state index >= 15 is 0 Å². The summed E-state index contributed by atoms with van der Waals surface area (Å²) in [5, 5.41) is 6.56. The molecule has 1 aromatic carbocycles. The summed E-state index contributed by atoms with van der Waals surface area (Å²) in [5.41, 5.74) is 1.94. The van der Waals surface area contributed by atoms with E-state index < -0.39 is 6.09 Å². The molecule has 2 aliphatic heterocycles. The first kappa shape index (κ1) is 22.8. The minimum Gasteiger partial charge on any atom is -0.450 e. The Kier molecular flexibility index (Phi) is 8.78. The molecule has 0 atom stereocenters. The predicted molar refractivity (Wildman–Crippen MR) is 123 cm³/mol. The Bertz CT molecular complexity index is 653. The molecule has 1 aromatic rings. The second kappa shape index (κ2) is 11.5. The van der Waals surface area contributed by atoms with Crippen LogP contribution in [0.3, 0.4) is 0 Å². The maximum atomic E-state index is 11.6. The Morgan fingerprint density at radius 3 is 2.53 bits per heavy atom. The predicted octanol–water partition coefficient (Wildman–Crippen LogP) is 2.84. The van der Waals surface area contributed by atoms with Crippen molar-refractivity contribution in [3.05, 3.63) is 24.3 Å². The zero-order valence-corrected chi connectivity index (χ0v) is 18.9. The number of rotatable bonds is 8. The molecule has 0 aliphatic carbocycles. The van der Waals surface area contributed by atoms with Gasteiger partial charge in [0.15, 0.2) is 0 Å². The number of benzene rings is 1. The van der Waals surface area contributed by atoms with Crippen LogP contribution in [0.2, 0.25) is 0 Å². The second-order valence-electron chi connectivity index (χ2n) is 8.58. The number of piperidine rings is 1. The number of carbonyl (C=O) groups excluding carboxylic acids is 1. The molecule has 0 aromatic heterocycles. The molecular formula is C23H39N5O2. The lowest BCUT2D eigenvalue weighted by Gasteiger charge is -2.37. The van der Waals surface area contributed by atoms with Crippen LogP contribution in [0.5, 0.6) is 0 Å². The number of carbonyl (C=O) groups is 1. The summed E-state index contributed by atoms with van der Waals surface area (Å²) < 4.78 is 4.96. The molecule has 7 heteroatoms. The quantitative estimate of drug-likeness (QED) is 0.678. The van der Waals surface area contributed by atoms with Crippen LogP contribution in [0.25, 0.3) is 0 Å². The number of piperazine rings is 1. The highest BCUT2D eigenvalue weighted by Gasteiger charge is 2.21. The van der Waals surface area contributed by atoms with Crippen LogP contribution in [0, 0.1) is 0 Å². The monoisotopic (exact) mass is 417 g/mol. The van der Waals surface area contributed by atoms with Crippen LogP contribution >= 0.6 is 0 Å². The number of amides is 1. The van der Waals surface area contributed by atoms with Gasteiger partial charge in [0.1, 0.15) is 0 Å². The van der Waals surface area contributed by atoms with Crippen LogP contribution in [-0.4, -0.2) is 86.9 Å². The van der Waals surface area contributed by atoms with Gasteiger partial charge >= 0.3 is 6.09 Å². The lowest BCUT2D eigenvalue weighted by atomic mass is 10.0. The largest absolute Gasteiger partial charge is 0.450 e. The standard InChI is InChI=1S/C23H39N5O2/c1-4-30-23(29)25-21-6-5-7-22(18-21)28-11-8-20(9-12-28)24-10-13-26-14-16-27(17-15-26)19(2)3/h5-7,18-20,24H,4,8-17H2,1-3H3,(H,25,29). The van der Waals surface area contributed by atoms with Crippen molar-refractivity contribution in [1.29, 1.82) is 0 Å². The maximum absolute atomic E-state index is 11.6. The van der Waals surface area contributed by atoms with Crippen LogP contribution in [0.1, 0.15) is 33.6 Å². The fraction of sp³-hybridized carbons (Fsp3) is 0.696. The smallest absolute Gasteiger partial charge is 0.411 e. The van der Waals surface area contributed by atoms with E-state index in [9.17, 15) is 4.79 Å². The van der Waals surface area contributed by atoms with Gasteiger partial charge in [-0.25, -0.2) is 4.79 Å². The lowest BCUT2D eigenvalue weighted by Crippen LogP contribution is -2.51. The van der Waals surface area contributed by atoms with Crippen LogP contribution in [0.4, 0.5) is 16.2 Å². The van der Waals surface area contributed by atoms with Gasteiger partial charge in [-0.15, -0.1) is 0 Å². The molecule has 30 heavy (non-hydrogen) atoms. The first-order valence-electron chi connectivity index (χ1n) is 11.5. The van der Waals surface area contributed by atoms with Gasteiger partial charge in [-0.2, -0.15) is 0 Å². The number of anilines is 2. The fourth-order valence-electron chi connectivity index (χ4n) is 4.34. The second-order valence-corrected chi connectivity index (χ2v) is 8.58. The topological polar surface area (TPSA) is 60.1 Å². The zero-order chi connectivity index (χ0) is 21.3. The minimum atomic E-state index is -0.400. The van der Waals surface area contributed by atoms with Gasteiger partial charge in [-0.1, -0.05) is 6.07 Å². The van der Waals surface area contributed by atoms with Gasteiger partial charge < -0.3 is 15.0 Å². The van der Waals surface area contributed by atoms with Gasteiger partial charge in [-0.05, 0) is 51.8 Å². The summed E-state index contributed by atoms with van der Waals surface area (Å²) in [4.78, 5) is 19.2. The summed E-state index contributed by atoms with van der Waals surface area (Å²) in [6, 6.07) is 9.29. The minimum absolute atomic E-state index is 0.375. The van der Waals surface area contributed by atoms with Crippen LogP contribution in [-0.2, 0) is 4.74 Å². The number of ether oxygens (including phenoxy) is 1. The molecule has 0 saturated carbocycles. The van der Waals surface area contributed by atoms with Crippen molar-refractivity contribution in [3.8, 4) is 0 Å². The van der Waals surface area contributed by atoms with Gasteiger partial charge in [0.05, 0.1) is 6.61 Å². The molecule has 2 N–H and O–H groups in total. The van der Waals surface area contributed by atoms with E-state index in [1.54, 1.807) is 6.92 Å². The zero-order valence-electron chi connectivity index (χ0n) is 18.9. The highest BCUT2D eigenvalue weighted by atomic mass is 16.5. The Morgan fingerprint density at radius 1 is 1.13 bits per heavy atom. The molecule has 0 bridgehead atoms. The van der Waals surface area contributed by atoms with E-state index in [4.69, 9.17) is 4.74 Å². The Hall–Kier alpha value is -1.83. The molecule has 1 amide bonds. The molecule has 168 valence electrons. The molecule has 2 saturated heterocycles. The van der Waals surface area contributed by atoms with Crippen LogP contribution in [0.15, 0.2) is 24.3 Å². The first-order chi connectivity index (χ1) is 14.5. The van der Waals surface area contributed by atoms with Crippen molar-refractivity contribution in [2.45, 2.75) is 45.7 Å². The summed E-state index contributed by atoms with van der Waals surface area (Å²) in [6.07, 6.45) is 1.90. The average Bonchev–Trinajstić information content (AvgIpc) is 2.75. The van der Waals surface area contributed by atoms with E-state index in [-0.39, 0.29) is 0 Å². The first-order valence-corrected chi connectivity index (χ1v) is 11.5. The lowest BCUT2D eigenvalue weighted by molar-refractivity contribution is 0.108. The van der Waals surface area contributed by atoms with Crippen molar-refractivity contribution in [3.63, 3.8) is 0 Å². The highest BCUT2D eigenvalue weighted by molar-refractivity contribution is 5.85. The number of nitrogens with zero attached hydrogens (tertiary/aromatic N) is 3. The van der Waals surface area contributed by atoms with E-state index in [0.717, 1.165) is 50.4 Å². The number of hydrogen-bond donors (Lipinski definition) is 2. The normalized spacial score (nSPS) is 19.3. The molecule has 7 nitrogen and oxygen atoms in total. The van der Waals surface area contributed by atoms with Crippen molar-refractivity contribution >= 4 is 17.5 Å². The van der Waals surface area contributed by atoms with Gasteiger partial charge in [-0.3, -0.25) is 15.1 Å². The third kappa shape index (κ3) is 6.86. The molecule has 0 radical (unpaired) electrons. The van der Waals surface area contributed by atoms with Gasteiger partial charge in [0.25, 0.3) is 0 Å². The van der Waals surface area contributed by atoms with Crippen molar-refractivity contribution in [1.82, 2.24) is 15.1 Å². The van der Waals surface area contributed by atoms with Crippen molar-refractivity contribution in [2.75, 3.05) is 69.2 Å². The van der Waals surface area contributed by atoms with Crippen LogP contribution < -0.4 is 15.5 Å². The number of nitrogens with one attached hydrogen (secondary N) is 2. The van der Waals surface area contributed by atoms with Crippen molar-refractivity contribution < 1.29 is 9.53 Å². The molecular weight excluding hydrogens is 378 g/mol. The van der Waals surface area contributed by atoms with Gasteiger partial charge in [0.2, 0.25) is 0 Å². The molecule has 2 aliphatic rings. The summed E-state index contributed by atoms with van der Waals surface area (Å²) in [5.74, 6) is 0. The third-order valence-corrected chi connectivity index (χ3v) is 6.23. The summed E-state index contributed by atoms with van der Waals surface area (Å²) in [7, 11) is 0. The fourth-order valence-corrected chi connectivity index (χ4v) is 4.34. The van der Waals surface area contributed by atoms with Gasteiger partial charge in [0, 0.05) is 75.8 Å². The summed E-state index contributed by atoms with van der Waals surface area (Å²) in [6.45, 7) is 15.8. The molecule has 2 heterocycles. The molecule has 0 unspecified atom stereocenters. The third-order valence-electron chi connectivity index (χ3n) is 6.23. The van der Waals surface area contributed by atoms with E-state index in [1.165, 1.54) is 26.2 Å². The van der Waals surface area contributed by atoms with Crippen molar-refractivity contribution in [2.24, 2.45) is 0 Å². The molecule has 0 spiro atoms. The molecule has 3 rings (SSSR count). The van der Waals surface area contributed by atoms with E-state index in [0.29, 0.717) is 18.7 Å². The molecule has 2 fully saturated rings. The Labute approximate surface area is 181 Å². The van der Waals surface area contributed by atoms with E-state index in [1.807, 2.05) is 18.2 Å². The SMILES string of the molecule is CCOC(=O)Nc1cccc(N2CCC(NCCN3CCN(C(C)C)CC3)CC2)c1. The highest BCUT2D eigenvalue weighted by Crippen LogP contribution is 2.23. The Balaban J connectivity index is 1.35. The maximum Gasteiger partial charge on any atom is 0.411 e. The average molecular weight is 418 g/mol. The summed E-state index contributed by atoms with van der Waals surface area (Å²) >= 11 is 0. The van der Waals surface area contributed by atoms with E-state index in [2.05, 4.69) is 45.2 Å². The Morgan fingerprint density at radius 2 is 1.87 bits per heavy atom.